The average Bonchev–Trinajstić information content (AvgIpc) is 2.77. The highest BCUT2D eigenvalue weighted by Crippen LogP contribution is 2.30. The number of benzene rings is 1. The topological polar surface area (TPSA) is 46.5 Å². The van der Waals surface area contributed by atoms with Crippen molar-refractivity contribution >= 4 is 38.6 Å². The maximum atomic E-state index is 12.3. The standard InChI is InChI=1S/C12H9BrF3N3OS/c1-7-6-21-11(18-7)19-17-5-8-9(13)3-2-4-10(8)20-12(14,15)16/h2-6H,1H3,(H,18,19). The first-order valence-corrected chi connectivity index (χ1v) is 7.28. The minimum absolute atomic E-state index is 0.176. The van der Waals surface area contributed by atoms with Crippen LogP contribution < -0.4 is 10.2 Å². The predicted molar refractivity (Wildman–Crippen MR) is 78.9 cm³/mol. The van der Waals surface area contributed by atoms with Crippen molar-refractivity contribution < 1.29 is 17.9 Å². The molecule has 21 heavy (non-hydrogen) atoms. The van der Waals surface area contributed by atoms with Crippen molar-refractivity contribution in [3.8, 4) is 5.75 Å². The predicted octanol–water partition coefficient (Wildman–Crippen LogP) is 4.56. The summed E-state index contributed by atoms with van der Waals surface area (Å²) < 4.78 is 41.4. The summed E-state index contributed by atoms with van der Waals surface area (Å²) in [5, 5.41) is 6.25. The van der Waals surface area contributed by atoms with Gasteiger partial charge in [0.2, 0.25) is 5.13 Å². The third kappa shape index (κ3) is 4.71. The molecule has 0 aliphatic heterocycles. The summed E-state index contributed by atoms with van der Waals surface area (Å²) in [6.07, 6.45) is -3.52. The SMILES string of the molecule is Cc1csc(NN=Cc2c(Br)cccc2OC(F)(F)F)n1. The lowest BCUT2D eigenvalue weighted by Crippen LogP contribution is -2.18. The van der Waals surface area contributed by atoms with Gasteiger partial charge in [-0.2, -0.15) is 5.10 Å². The van der Waals surface area contributed by atoms with Crippen LogP contribution in [0.2, 0.25) is 0 Å². The molecule has 0 aliphatic carbocycles. The zero-order chi connectivity index (χ0) is 15.5. The van der Waals surface area contributed by atoms with Gasteiger partial charge < -0.3 is 4.74 Å². The number of hydrogen-bond donors (Lipinski definition) is 1. The smallest absolute Gasteiger partial charge is 0.405 e. The summed E-state index contributed by atoms with van der Waals surface area (Å²) in [7, 11) is 0. The molecule has 0 radical (unpaired) electrons. The molecule has 0 bridgehead atoms. The zero-order valence-electron chi connectivity index (χ0n) is 10.6. The first-order chi connectivity index (χ1) is 9.85. The Morgan fingerprint density at radius 3 is 2.81 bits per heavy atom. The van der Waals surface area contributed by atoms with Crippen molar-refractivity contribution in [1.29, 1.82) is 0 Å². The van der Waals surface area contributed by atoms with Crippen LogP contribution in [0.15, 0.2) is 33.2 Å². The number of aromatic nitrogens is 1. The number of nitrogens with one attached hydrogen (secondary N) is 1. The fourth-order valence-corrected chi connectivity index (χ4v) is 2.50. The normalized spacial score (nSPS) is 11.9. The minimum atomic E-state index is -4.76. The Morgan fingerprint density at radius 2 is 2.19 bits per heavy atom. The molecular weight excluding hydrogens is 371 g/mol. The van der Waals surface area contributed by atoms with E-state index in [0.29, 0.717) is 9.60 Å². The second kappa shape index (κ2) is 6.44. The van der Waals surface area contributed by atoms with E-state index >= 15 is 0 Å². The van der Waals surface area contributed by atoms with Crippen LogP contribution in [-0.2, 0) is 0 Å². The molecule has 2 aromatic rings. The van der Waals surface area contributed by atoms with Gasteiger partial charge in [-0.3, -0.25) is 5.43 Å². The quantitative estimate of drug-likeness (QED) is 0.625. The van der Waals surface area contributed by atoms with Gasteiger partial charge in [-0.1, -0.05) is 6.07 Å². The van der Waals surface area contributed by atoms with Crippen LogP contribution in [0.1, 0.15) is 11.3 Å². The largest absolute Gasteiger partial charge is 0.573 e. The van der Waals surface area contributed by atoms with Gasteiger partial charge in [0.05, 0.1) is 17.5 Å². The van der Waals surface area contributed by atoms with Crippen LogP contribution in [0.3, 0.4) is 0 Å². The highest BCUT2D eigenvalue weighted by atomic mass is 79.9. The Labute approximate surface area is 130 Å². The van der Waals surface area contributed by atoms with E-state index in [-0.39, 0.29) is 11.3 Å². The van der Waals surface area contributed by atoms with Gasteiger partial charge in [0.1, 0.15) is 5.75 Å². The zero-order valence-corrected chi connectivity index (χ0v) is 13.0. The number of thiazole rings is 1. The summed E-state index contributed by atoms with van der Waals surface area (Å²) in [6.45, 7) is 1.83. The molecule has 4 nitrogen and oxygen atoms in total. The highest BCUT2D eigenvalue weighted by molar-refractivity contribution is 9.10. The van der Waals surface area contributed by atoms with E-state index < -0.39 is 6.36 Å². The number of hydrazone groups is 1. The molecule has 2 rings (SSSR count). The van der Waals surface area contributed by atoms with Gasteiger partial charge in [0.25, 0.3) is 0 Å². The van der Waals surface area contributed by atoms with E-state index in [1.165, 1.54) is 29.7 Å². The van der Waals surface area contributed by atoms with Gasteiger partial charge >= 0.3 is 6.36 Å². The van der Waals surface area contributed by atoms with E-state index in [1.807, 2.05) is 12.3 Å². The summed E-state index contributed by atoms with van der Waals surface area (Å²) in [5.41, 5.74) is 3.66. The maximum absolute atomic E-state index is 12.3. The third-order valence-electron chi connectivity index (χ3n) is 2.21. The van der Waals surface area contributed by atoms with Crippen molar-refractivity contribution in [1.82, 2.24) is 4.98 Å². The van der Waals surface area contributed by atoms with Crippen molar-refractivity contribution in [2.45, 2.75) is 13.3 Å². The summed E-state index contributed by atoms with van der Waals surface area (Å²) in [5.74, 6) is -0.335. The number of anilines is 1. The maximum Gasteiger partial charge on any atom is 0.573 e. The highest BCUT2D eigenvalue weighted by Gasteiger charge is 2.32. The lowest BCUT2D eigenvalue weighted by atomic mass is 10.2. The molecule has 1 aromatic carbocycles. The fourth-order valence-electron chi connectivity index (χ4n) is 1.41. The fraction of sp³-hybridized carbons (Fsp3) is 0.167. The van der Waals surface area contributed by atoms with Gasteiger partial charge in [0, 0.05) is 9.85 Å². The first kappa shape index (κ1) is 15.8. The number of nitrogens with zero attached hydrogens (tertiary/aromatic N) is 2. The van der Waals surface area contributed by atoms with Gasteiger partial charge in [-0.25, -0.2) is 4.98 Å². The summed E-state index contributed by atoms with van der Waals surface area (Å²) >= 11 is 4.51. The lowest BCUT2D eigenvalue weighted by molar-refractivity contribution is -0.274. The Kier molecular flexibility index (Phi) is 4.84. The Balaban J connectivity index is 2.18. The number of aryl methyl sites for hydroxylation is 1. The van der Waals surface area contributed by atoms with Crippen LogP contribution in [0.4, 0.5) is 18.3 Å². The van der Waals surface area contributed by atoms with Crippen LogP contribution in [-0.4, -0.2) is 17.6 Å². The molecule has 0 atom stereocenters. The molecule has 1 aromatic heterocycles. The van der Waals surface area contributed by atoms with Crippen LogP contribution >= 0.6 is 27.3 Å². The molecule has 9 heteroatoms. The second-order valence-electron chi connectivity index (χ2n) is 3.86. The molecule has 0 unspecified atom stereocenters. The molecule has 0 amide bonds. The molecule has 0 fully saturated rings. The minimum Gasteiger partial charge on any atom is -0.405 e. The molecular formula is C12H9BrF3N3OS. The molecule has 0 aliphatic rings. The van der Waals surface area contributed by atoms with Crippen molar-refractivity contribution in [2.24, 2.45) is 5.10 Å². The Morgan fingerprint density at radius 1 is 1.43 bits per heavy atom. The Hall–Kier alpha value is -1.61. The summed E-state index contributed by atoms with van der Waals surface area (Å²) in [6, 6.07) is 4.26. The average molecular weight is 380 g/mol. The molecule has 1 N–H and O–H groups in total. The number of ether oxygens (including phenoxy) is 1. The Bertz CT molecular complexity index is 657. The number of rotatable bonds is 4. The van der Waals surface area contributed by atoms with E-state index in [0.717, 1.165) is 5.69 Å². The first-order valence-electron chi connectivity index (χ1n) is 5.60. The monoisotopic (exact) mass is 379 g/mol. The van der Waals surface area contributed by atoms with Crippen molar-refractivity contribution in [3.63, 3.8) is 0 Å². The summed E-state index contributed by atoms with van der Waals surface area (Å²) in [4.78, 5) is 4.12. The molecule has 112 valence electrons. The van der Waals surface area contributed by atoms with Gasteiger partial charge in [0.15, 0.2) is 0 Å². The number of halogens is 4. The van der Waals surface area contributed by atoms with E-state index in [9.17, 15) is 13.2 Å². The second-order valence-corrected chi connectivity index (χ2v) is 5.58. The van der Waals surface area contributed by atoms with Crippen molar-refractivity contribution in [2.75, 3.05) is 5.43 Å². The van der Waals surface area contributed by atoms with E-state index in [4.69, 9.17) is 0 Å². The number of hydrogen-bond acceptors (Lipinski definition) is 5. The van der Waals surface area contributed by atoms with E-state index in [1.54, 1.807) is 6.07 Å². The van der Waals surface area contributed by atoms with Crippen LogP contribution in [0.25, 0.3) is 0 Å². The molecule has 1 heterocycles. The molecule has 0 saturated heterocycles. The van der Waals surface area contributed by atoms with Crippen molar-refractivity contribution in [3.05, 3.63) is 39.3 Å². The molecule has 0 spiro atoms. The lowest BCUT2D eigenvalue weighted by Gasteiger charge is -2.11. The molecule has 0 saturated carbocycles. The number of alkyl halides is 3. The third-order valence-corrected chi connectivity index (χ3v) is 3.77. The van der Waals surface area contributed by atoms with Crippen LogP contribution in [0, 0.1) is 6.92 Å². The van der Waals surface area contributed by atoms with E-state index in [2.05, 4.69) is 36.2 Å². The van der Waals surface area contributed by atoms with Gasteiger partial charge in [-0.15, -0.1) is 24.5 Å². The van der Waals surface area contributed by atoms with Gasteiger partial charge in [-0.05, 0) is 35.0 Å². The van der Waals surface area contributed by atoms with Crippen LogP contribution in [0.5, 0.6) is 5.75 Å².